The number of rotatable bonds is 2. The van der Waals surface area contributed by atoms with Gasteiger partial charge in [0, 0.05) is 5.92 Å². The van der Waals surface area contributed by atoms with Crippen molar-refractivity contribution in [2.75, 3.05) is 6.61 Å². The lowest BCUT2D eigenvalue weighted by Gasteiger charge is -2.62. The Morgan fingerprint density at radius 3 is 2.52 bits per heavy atom. The number of hydrogen-bond donors (Lipinski definition) is 3. The van der Waals surface area contributed by atoms with Gasteiger partial charge in [0.05, 0.1) is 12.2 Å². The molecule has 4 rings (SSSR count). The van der Waals surface area contributed by atoms with Gasteiger partial charge < -0.3 is 15.3 Å². The quantitative estimate of drug-likeness (QED) is 0.715. The van der Waals surface area contributed by atoms with Crippen molar-refractivity contribution in [3.63, 3.8) is 0 Å². The number of aliphatic hydroxyl groups is 3. The molecule has 0 spiro atoms. The summed E-state index contributed by atoms with van der Waals surface area (Å²) in [5.41, 5.74) is -0.0280. The summed E-state index contributed by atoms with van der Waals surface area (Å²) in [5.74, 6) is 1.69. The first-order valence-electron chi connectivity index (χ1n) is 10.3. The molecular formula is C21H34O4. The number of carbonyl (C=O) groups is 1. The number of fused-ring (bicyclic) bond motifs is 5. The molecule has 4 aliphatic carbocycles. The Bertz CT molecular complexity index is 548. The number of aliphatic hydroxyl groups excluding tert-OH is 3. The van der Waals surface area contributed by atoms with Crippen LogP contribution in [-0.2, 0) is 4.79 Å². The average Bonchev–Trinajstić information content (AvgIpc) is 2.91. The Kier molecular flexibility index (Phi) is 4.33. The van der Waals surface area contributed by atoms with Crippen LogP contribution in [0.5, 0.6) is 0 Å². The summed E-state index contributed by atoms with van der Waals surface area (Å²) in [6.07, 6.45) is 7.12. The van der Waals surface area contributed by atoms with Crippen LogP contribution < -0.4 is 0 Å². The second-order valence-corrected chi connectivity index (χ2v) is 10.0. The van der Waals surface area contributed by atoms with Crippen LogP contribution in [0.2, 0.25) is 0 Å². The molecule has 0 radical (unpaired) electrons. The zero-order chi connectivity index (χ0) is 18.0. The van der Waals surface area contributed by atoms with Crippen molar-refractivity contribution >= 4 is 5.78 Å². The van der Waals surface area contributed by atoms with E-state index in [2.05, 4.69) is 13.8 Å². The number of Topliss-reactive ketones (excluding diaryl/α,β-unsaturated/α-hetero) is 1. The van der Waals surface area contributed by atoms with Crippen LogP contribution in [-0.4, -0.2) is 39.9 Å². The lowest BCUT2D eigenvalue weighted by atomic mass is 9.44. The Balaban J connectivity index is 1.65. The fourth-order valence-electron chi connectivity index (χ4n) is 8.00. The molecule has 9 atom stereocenters. The van der Waals surface area contributed by atoms with E-state index in [1.165, 1.54) is 0 Å². The highest BCUT2D eigenvalue weighted by Crippen LogP contribution is 2.67. The van der Waals surface area contributed by atoms with Crippen LogP contribution in [0.15, 0.2) is 0 Å². The van der Waals surface area contributed by atoms with Gasteiger partial charge in [0.2, 0.25) is 0 Å². The van der Waals surface area contributed by atoms with E-state index < -0.39 is 0 Å². The molecule has 0 bridgehead atoms. The van der Waals surface area contributed by atoms with E-state index in [4.69, 9.17) is 0 Å². The summed E-state index contributed by atoms with van der Waals surface area (Å²) in [7, 11) is 0. The maximum Gasteiger partial charge on any atom is 0.161 e. The smallest absolute Gasteiger partial charge is 0.161 e. The van der Waals surface area contributed by atoms with Gasteiger partial charge >= 0.3 is 0 Å². The molecule has 3 N–H and O–H groups in total. The minimum atomic E-state index is -0.366. The molecule has 2 unspecified atom stereocenters. The van der Waals surface area contributed by atoms with Crippen molar-refractivity contribution in [1.82, 2.24) is 0 Å². The molecule has 4 saturated carbocycles. The maximum atomic E-state index is 12.3. The molecular weight excluding hydrogens is 316 g/mol. The molecule has 0 aromatic carbocycles. The highest BCUT2D eigenvalue weighted by atomic mass is 16.3. The van der Waals surface area contributed by atoms with Gasteiger partial charge in [-0.2, -0.15) is 0 Å². The zero-order valence-electron chi connectivity index (χ0n) is 15.7. The molecule has 0 aromatic rings. The molecule has 4 heteroatoms. The molecule has 142 valence electrons. The Morgan fingerprint density at radius 1 is 1.04 bits per heavy atom. The third kappa shape index (κ3) is 2.47. The predicted octanol–water partition coefficient (Wildman–Crippen LogP) is 2.54. The molecule has 4 aliphatic rings. The van der Waals surface area contributed by atoms with Gasteiger partial charge in [-0.25, -0.2) is 0 Å². The maximum absolute atomic E-state index is 12.3. The van der Waals surface area contributed by atoms with E-state index in [0.29, 0.717) is 30.1 Å². The van der Waals surface area contributed by atoms with E-state index in [1.807, 2.05) is 0 Å². The Labute approximate surface area is 151 Å². The van der Waals surface area contributed by atoms with E-state index in [9.17, 15) is 20.1 Å². The van der Waals surface area contributed by atoms with Crippen molar-refractivity contribution in [1.29, 1.82) is 0 Å². The minimum Gasteiger partial charge on any atom is -0.393 e. The van der Waals surface area contributed by atoms with Crippen molar-refractivity contribution in [3.8, 4) is 0 Å². The van der Waals surface area contributed by atoms with Crippen LogP contribution in [0.25, 0.3) is 0 Å². The summed E-state index contributed by atoms with van der Waals surface area (Å²) in [4.78, 5) is 12.3. The summed E-state index contributed by atoms with van der Waals surface area (Å²) >= 11 is 0. The van der Waals surface area contributed by atoms with Crippen molar-refractivity contribution in [2.24, 2.45) is 40.4 Å². The fraction of sp³-hybridized carbons (Fsp3) is 0.952. The second-order valence-electron chi connectivity index (χ2n) is 10.0. The molecule has 0 amide bonds. The van der Waals surface area contributed by atoms with Gasteiger partial charge in [0.1, 0.15) is 6.61 Å². The van der Waals surface area contributed by atoms with E-state index >= 15 is 0 Å². The number of hydrogen-bond acceptors (Lipinski definition) is 4. The largest absolute Gasteiger partial charge is 0.393 e. The Hall–Kier alpha value is -0.450. The molecule has 0 aliphatic heterocycles. The first-order chi connectivity index (χ1) is 11.8. The van der Waals surface area contributed by atoms with Crippen molar-refractivity contribution < 1.29 is 20.1 Å². The van der Waals surface area contributed by atoms with Gasteiger partial charge in [0.15, 0.2) is 5.78 Å². The van der Waals surface area contributed by atoms with Crippen molar-refractivity contribution in [2.45, 2.75) is 77.4 Å². The predicted molar refractivity (Wildman–Crippen MR) is 94.7 cm³/mol. The van der Waals surface area contributed by atoms with Gasteiger partial charge in [0.25, 0.3) is 0 Å². The average molecular weight is 350 g/mol. The van der Waals surface area contributed by atoms with Crippen LogP contribution >= 0.6 is 0 Å². The molecule has 25 heavy (non-hydrogen) atoms. The summed E-state index contributed by atoms with van der Waals surface area (Å²) in [5, 5.41) is 30.7. The number of ketones is 1. The van der Waals surface area contributed by atoms with Gasteiger partial charge in [-0.15, -0.1) is 0 Å². The van der Waals surface area contributed by atoms with Crippen LogP contribution in [0.1, 0.15) is 65.2 Å². The highest BCUT2D eigenvalue weighted by molar-refractivity contribution is 5.83. The zero-order valence-corrected chi connectivity index (χ0v) is 15.7. The van der Waals surface area contributed by atoms with E-state index in [1.54, 1.807) is 0 Å². The van der Waals surface area contributed by atoms with Crippen LogP contribution in [0, 0.1) is 40.4 Å². The Morgan fingerprint density at radius 2 is 1.80 bits per heavy atom. The molecule has 0 heterocycles. The van der Waals surface area contributed by atoms with Gasteiger partial charge in [-0.3, -0.25) is 4.79 Å². The number of carbonyl (C=O) groups excluding carboxylic acids is 1. The standard InChI is InChI=1S/C21H34O4/c1-20-8-7-13(23)9-12(20)3-4-14-15-5-6-16(18(25)11-22)21(15,2)10-17(24)19(14)20/h12-17,19,22-24H,3-11H2,1-2H3/t12-,13?,14+,15+,16-,17?,19-,20+,21-/m1/s1. The summed E-state index contributed by atoms with van der Waals surface area (Å²) in [6, 6.07) is 0. The van der Waals surface area contributed by atoms with Gasteiger partial charge in [-0.05, 0) is 85.9 Å². The minimum absolute atomic E-state index is 0.0312. The molecule has 4 nitrogen and oxygen atoms in total. The topological polar surface area (TPSA) is 77.8 Å². The summed E-state index contributed by atoms with van der Waals surface area (Å²) in [6.45, 7) is 4.19. The lowest BCUT2D eigenvalue weighted by molar-refractivity contribution is -0.179. The molecule has 4 fully saturated rings. The van der Waals surface area contributed by atoms with Crippen LogP contribution in [0.3, 0.4) is 0 Å². The monoisotopic (exact) mass is 350 g/mol. The highest BCUT2D eigenvalue weighted by Gasteiger charge is 2.63. The first kappa shape index (κ1) is 17.9. The van der Waals surface area contributed by atoms with E-state index in [-0.39, 0.29) is 41.3 Å². The van der Waals surface area contributed by atoms with Crippen LogP contribution in [0.4, 0.5) is 0 Å². The second kappa shape index (κ2) is 6.03. The van der Waals surface area contributed by atoms with Gasteiger partial charge in [-0.1, -0.05) is 13.8 Å². The summed E-state index contributed by atoms with van der Waals surface area (Å²) < 4.78 is 0. The molecule has 0 saturated heterocycles. The van der Waals surface area contributed by atoms with Crippen molar-refractivity contribution in [3.05, 3.63) is 0 Å². The SMILES string of the molecule is C[C@@]12CC(O)[C@H]3[C@@H](CC[C@@H]4CC(O)CC[C@@]43C)[C@@H]1CC[C@@H]2C(=O)CO. The third-order valence-electron chi connectivity index (χ3n) is 9.11. The first-order valence-corrected chi connectivity index (χ1v) is 10.3. The third-order valence-corrected chi connectivity index (χ3v) is 9.11. The lowest BCUT2D eigenvalue weighted by Crippen LogP contribution is -2.59. The molecule has 0 aromatic heterocycles. The fourth-order valence-corrected chi connectivity index (χ4v) is 8.00. The normalized spacial score (nSPS) is 55.2. The van der Waals surface area contributed by atoms with E-state index in [0.717, 1.165) is 44.9 Å².